The number of nitrogen functional groups attached to an aromatic ring is 1. The lowest BCUT2D eigenvalue weighted by molar-refractivity contribution is 0.0303. The van der Waals surface area contributed by atoms with Crippen molar-refractivity contribution in [3.05, 3.63) is 27.7 Å². The number of carbonyl (C=O) groups excluding carboxylic acids is 1. The first-order chi connectivity index (χ1) is 8.09. The van der Waals surface area contributed by atoms with E-state index in [0.717, 1.165) is 0 Å². The normalized spacial score (nSPS) is 16.0. The molecule has 1 aliphatic heterocycles. The third-order valence-corrected chi connectivity index (χ3v) is 3.11. The highest BCUT2D eigenvalue weighted by molar-refractivity contribution is 6.37. The molecule has 92 valence electrons. The Labute approximate surface area is 109 Å². The van der Waals surface area contributed by atoms with E-state index in [1.54, 1.807) is 4.90 Å². The number of morpholine rings is 1. The highest BCUT2D eigenvalue weighted by Crippen LogP contribution is 2.28. The zero-order valence-electron chi connectivity index (χ0n) is 9.08. The van der Waals surface area contributed by atoms with E-state index in [2.05, 4.69) is 0 Å². The molecule has 17 heavy (non-hydrogen) atoms. The van der Waals surface area contributed by atoms with Crippen molar-refractivity contribution in [3.63, 3.8) is 0 Å². The SMILES string of the molecule is Nc1cc(Cl)cc(Cl)c1C(=O)N1CCOCC1. The van der Waals surface area contributed by atoms with Gasteiger partial charge in [0.25, 0.3) is 5.91 Å². The van der Waals surface area contributed by atoms with Crippen LogP contribution in [-0.4, -0.2) is 37.1 Å². The fourth-order valence-electron chi connectivity index (χ4n) is 1.74. The van der Waals surface area contributed by atoms with E-state index in [4.69, 9.17) is 33.7 Å². The minimum absolute atomic E-state index is 0.174. The van der Waals surface area contributed by atoms with Crippen molar-refractivity contribution in [2.75, 3.05) is 32.0 Å². The Morgan fingerprint density at radius 1 is 1.29 bits per heavy atom. The van der Waals surface area contributed by atoms with Gasteiger partial charge in [0.2, 0.25) is 0 Å². The number of benzene rings is 1. The van der Waals surface area contributed by atoms with Crippen LogP contribution in [0.3, 0.4) is 0 Å². The molecule has 0 bridgehead atoms. The van der Waals surface area contributed by atoms with Crippen LogP contribution in [0.1, 0.15) is 10.4 Å². The summed E-state index contributed by atoms with van der Waals surface area (Å²) in [4.78, 5) is 13.9. The quantitative estimate of drug-likeness (QED) is 0.798. The first-order valence-electron chi connectivity index (χ1n) is 5.21. The minimum Gasteiger partial charge on any atom is -0.398 e. The maximum absolute atomic E-state index is 12.2. The number of ether oxygens (including phenoxy) is 1. The molecule has 1 aromatic carbocycles. The van der Waals surface area contributed by atoms with Crippen LogP contribution in [0.2, 0.25) is 10.0 Å². The van der Waals surface area contributed by atoms with Gasteiger partial charge in [-0.05, 0) is 12.1 Å². The number of hydrogen-bond donors (Lipinski definition) is 1. The molecule has 1 heterocycles. The van der Waals surface area contributed by atoms with Crippen LogP contribution in [0.25, 0.3) is 0 Å². The summed E-state index contributed by atoms with van der Waals surface area (Å²) in [5, 5.41) is 0.706. The summed E-state index contributed by atoms with van der Waals surface area (Å²) in [7, 11) is 0. The number of amides is 1. The number of carbonyl (C=O) groups is 1. The zero-order chi connectivity index (χ0) is 12.4. The summed E-state index contributed by atoms with van der Waals surface area (Å²) in [5.74, 6) is -0.174. The molecule has 1 amide bonds. The van der Waals surface area contributed by atoms with Gasteiger partial charge in [0, 0.05) is 23.8 Å². The predicted octanol–water partition coefficient (Wildman–Crippen LogP) is 2.05. The lowest BCUT2D eigenvalue weighted by Crippen LogP contribution is -2.41. The van der Waals surface area contributed by atoms with Gasteiger partial charge in [0.1, 0.15) is 0 Å². The molecule has 2 N–H and O–H groups in total. The molecule has 0 spiro atoms. The predicted molar refractivity (Wildman–Crippen MR) is 67.6 cm³/mol. The van der Waals surface area contributed by atoms with Crippen LogP contribution >= 0.6 is 23.2 Å². The summed E-state index contributed by atoms with van der Waals surface area (Å²) < 4.78 is 5.19. The smallest absolute Gasteiger partial charge is 0.257 e. The Bertz CT molecular complexity index is 422. The van der Waals surface area contributed by atoms with E-state index in [9.17, 15) is 4.79 Å². The monoisotopic (exact) mass is 274 g/mol. The van der Waals surface area contributed by atoms with Gasteiger partial charge in [0.05, 0.1) is 23.8 Å². The first kappa shape index (κ1) is 12.5. The molecule has 1 fully saturated rings. The fraction of sp³-hybridized carbons (Fsp3) is 0.364. The molecule has 2 rings (SSSR count). The van der Waals surface area contributed by atoms with Crippen LogP contribution in [-0.2, 0) is 4.74 Å². The second kappa shape index (κ2) is 5.12. The fourth-order valence-corrected chi connectivity index (χ4v) is 2.33. The van der Waals surface area contributed by atoms with Gasteiger partial charge in [-0.25, -0.2) is 0 Å². The van der Waals surface area contributed by atoms with Crippen molar-refractivity contribution in [3.8, 4) is 0 Å². The summed E-state index contributed by atoms with van der Waals surface area (Å²) in [6.07, 6.45) is 0. The molecular weight excluding hydrogens is 263 g/mol. The lowest BCUT2D eigenvalue weighted by atomic mass is 10.1. The van der Waals surface area contributed by atoms with Gasteiger partial charge >= 0.3 is 0 Å². The summed E-state index contributed by atoms with van der Waals surface area (Å²) >= 11 is 11.8. The molecule has 0 atom stereocenters. The highest BCUT2D eigenvalue weighted by atomic mass is 35.5. The van der Waals surface area contributed by atoms with Crippen LogP contribution in [0.15, 0.2) is 12.1 Å². The van der Waals surface area contributed by atoms with Crippen molar-refractivity contribution >= 4 is 34.8 Å². The van der Waals surface area contributed by atoms with Crippen LogP contribution in [0, 0.1) is 0 Å². The Morgan fingerprint density at radius 3 is 2.53 bits per heavy atom. The molecule has 6 heteroatoms. The molecule has 0 unspecified atom stereocenters. The minimum atomic E-state index is -0.174. The summed E-state index contributed by atoms with van der Waals surface area (Å²) in [5.41, 5.74) is 6.40. The molecule has 1 aromatic rings. The molecule has 0 radical (unpaired) electrons. The second-order valence-corrected chi connectivity index (χ2v) is 4.60. The Morgan fingerprint density at radius 2 is 1.94 bits per heavy atom. The maximum Gasteiger partial charge on any atom is 0.257 e. The number of nitrogens with zero attached hydrogens (tertiary/aromatic N) is 1. The topological polar surface area (TPSA) is 55.6 Å². The average molecular weight is 275 g/mol. The first-order valence-corrected chi connectivity index (χ1v) is 5.96. The molecule has 0 aliphatic carbocycles. The molecule has 0 aromatic heterocycles. The Hall–Kier alpha value is -0.970. The van der Waals surface area contributed by atoms with Crippen LogP contribution in [0.5, 0.6) is 0 Å². The van der Waals surface area contributed by atoms with E-state index in [1.807, 2.05) is 0 Å². The van der Waals surface area contributed by atoms with Gasteiger partial charge in [-0.3, -0.25) is 4.79 Å². The van der Waals surface area contributed by atoms with E-state index in [-0.39, 0.29) is 10.9 Å². The lowest BCUT2D eigenvalue weighted by Gasteiger charge is -2.27. The van der Waals surface area contributed by atoms with Gasteiger partial charge in [-0.1, -0.05) is 23.2 Å². The van der Waals surface area contributed by atoms with E-state index in [0.29, 0.717) is 42.6 Å². The summed E-state index contributed by atoms with van der Waals surface area (Å²) in [6.45, 7) is 2.18. The summed E-state index contributed by atoms with van der Waals surface area (Å²) in [6, 6.07) is 3.05. The third kappa shape index (κ3) is 2.65. The maximum atomic E-state index is 12.2. The number of nitrogens with two attached hydrogens (primary N) is 1. The third-order valence-electron chi connectivity index (χ3n) is 2.60. The Balaban J connectivity index is 2.30. The van der Waals surface area contributed by atoms with Gasteiger partial charge in [-0.15, -0.1) is 0 Å². The number of hydrogen-bond acceptors (Lipinski definition) is 3. The van der Waals surface area contributed by atoms with Crippen molar-refractivity contribution in [2.24, 2.45) is 0 Å². The van der Waals surface area contributed by atoms with Crippen molar-refractivity contribution in [1.82, 2.24) is 4.90 Å². The van der Waals surface area contributed by atoms with Crippen LogP contribution in [0.4, 0.5) is 5.69 Å². The van der Waals surface area contributed by atoms with E-state index in [1.165, 1.54) is 12.1 Å². The highest BCUT2D eigenvalue weighted by Gasteiger charge is 2.23. The standard InChI is InChI=1S/C11H12Cl2N2O2/c12-7-5-8(13)10(9(14)6-7)11(16)15-1-3-17-4-2-15/h5-6H,1-4,14H2. The molecule has 0 saturated carbocycles. The van der Waals surface area contributed by atoms with Gasteiger partial charge < -0.3 is 15.4 Å². The largest absolute Gasteiger partial charge is 0.398 e. The van der Waals surface area contributed by atoms with Gasteiger partial charge in [0.15, 0.2) is 0 Å². The average Bonchev–Trinajstić information content (AvgIpc) is 2.28. The van der Waals surface area contributed by atoms with E-state index < -0.39 is 0 Å². The molecule has 1 aliphatic rings. The second-order valence-electron chi connectivity index (χ2n) is 3.76. The zero-order valence-corrected chi connectivity index (χ0v) is 10.6. The molecule has 4 nitrogen and oxygen atoms in total. The van der Waals surface area contributed by atoms with Crippen molar-refractivity contribution in [2.45, 2.75) is 0 Å². The van der Waals surface area contributed by atoms with Crippen LogP contribution < -0.4 is 5.73 Å². The van der Waals surface area contributed by atoms with E-state index >= 15 is 0 Å². The number of rotatable bonds is 1. The number of halogens is 2. The molecular formula is C11H12Cl2N2O2. The number of anilines is 1. The molecule has 1 saturated heterocycles. The van der Waals surface area contributed by atoms with Gasteiger partial charge in [-0.2, -0.15) is 0 Å². The van der Waals surface area contributed by atoms with Crippen molar-refractivity contribution < 1.29 is 9.53 Å². The van der Waals surface area contributed by atoms with Crippen molar-refractivity contribution in [1.29, 1.82) is 0 Å². The Kier molecular flexibility index (Phi) is 3.76.